The maximum Gasteiger partial charge on any atom is 0.266 e. The van der Waals surface area contributed by atoms with Gasteiger partial charge in [-0.15, -0.1) is 0 Å². The Balaban J connectivity index is 1.47. The third kappa shape index (κ3) is 5.70. The number of rotatable bonds is 7. The number of amides is 1. The van der Waals surface area contributed by atoms with E-state index in [-0.39, 0.29) is 17.4 Å². The summed E-state index contributed by atoms with van der Waals surface area (Å²) >= 11 is 0. The first-order chi connectivity index (χ1) is 13.8. The van der Waals surface area contributed by atoms with Gasteiger partial charge in [0, 0.05) is 56.1 Å². The molecule has 1 N–H and O–H groups in total. The third-order valence-electron chi connectivity index (χ3n) is 4.98. The summed E-state index contributed by atoms with van der Waals surface area (Å²) in [5.41, 5.74) is 1.37. The SMILES string of the molecule is CS(=O)(=O)N1CCC(C(=O)NCCCn2nc(-c3ccncc3)ccc2=O)CC1. The molecule has 0 saturated carbocycles. The maximum atomic E-state index is 12.3. The van der Waals surface area contributed by atoms with Gasteiger partial charge in [-0.05, 0) is 37.5 Å². The van der Waals surface area contributed by atoms with E-state index in [0.717, 1.165) is 5.56 Å². The molecule has 29 heavy (non-hydrogen) atoms. The van der Waals surface area contributed by atoms with Crippen molar-refractivity contribution in [1.29, 1.82) is 0 Å². The van der Waals surface area contributed by atoms with Crippen molar-refractivity contribution >= 4 is 15.9 Å². The van der Waals surface area contributed by atoms with Crippen molar-refractivity contribution < 1.29 is 13.2 Å². The first kappa shape index (κ1) is 21.1. The van der Waals surface area contributed by atoms with Gasteiger partial charge in [0.05, 0.1) is 11.9 Å². The Labute approximate surface area is 169 Å². The number of aryl methyl sites for hydroxylation is 1. The lowest BCUT2D eigenvalue weighted by Gasteiger charge is -2.29. The predicted molar refractivity (Wildman–Crippen MR) is 108 cm³/mol. The van der Waals surface area contributed by atoms with Gasteiger partial charge in [0.1, 0.15) is 0 Å². The van der Waals surface area contributed by atoms with Gasteiger partial charge >= 0.3 is 0 Å². The first-order valence-corrected chi connectivity index (χ1v) is 11.4. The minimum absolute atomic E-state index is 0.0657. The predicted octanol–water partition coefficient (Wildman–Crippen LogP) is 0.483. The Bertz CT molecular complexity index is 999. The third-order valence-corrected chi connectivity index (χ3v) is 6.29. The van der Waals surface area contributed by atoms with Gasteiger partial charge in [-0.1, -0.05) is 0 Å². The van der Waals surface area contributed by atoms with Crippen molar-refractivity contribution in [3.8, 4) is 11.3 Å². The number of sulfonamides is 1. The van der Waals surface area contributed by atoms with Crippen molar-refractivity contribution in [2.75, 3.05) is 25.9 Å². The van der Waals surface area contributed by atoms with E-state index in [9.17, 15) is 18.0 Å². The number of hydrogen-bond donors (Lipinski definition) is 1. The summed E-state index contributed by atoms with van der Waals surface area (Å²) in [7, 11) is -3.20. The quantitative estimate of drug-likeness (QED) is 0.653. The lowest BCUT2D eigenvalue weighted by atomic mass is 9.97. The molecule has 3 heterocycles. The summed E-state index contributed by atoms with van der Waals surface area (Å²) < 4.78 is 25.9. The Morgan fingerprint density at radius 1 is 1.17 bits per heavy atom. The van der Waals surface area contributed by atoms with Crippen LogP contribution in [0.2, 0.25) is 0 Å². The smallest absolute Gasteiger partial charge is 0.266 e. The van der Waals surface area contributed by atoms with Gasteiger partial charge in [-0.3, -0.25) is 14.6 Å². The normalized spacial score (nSPS) is 15.9. The van der Waals surface area contributed by atoms with Gasteiger partial charge in [0.15, 0.2) is 0 Å². The summed E-state index contributed by atoms with van der Waals surface area (Å²) in [5, 5.41) is 7.27. The van der Waals surface area contributed by atoms with Crippen LogP contribution in [-0.4, -0.2) is 59.3 Å². The van der Waals surface area contributed by atoms with E-state index in [2.05, 4.69) is 15.4 Å². The summed E-state index contributed by atoms with van der Waals surface area (Å²) in [6.07, 6.45) is 6.14. The zero-order chi connectivity index (χ0) is 20.9. The lowest BCUT2D eigenvalue weighted by Crippen LogP contribution is -2.42. The molecule has 0 bridgehead atoms. The minimum Gasteiger partial charge on any atom is -0.356 e. The number of nitrogens with zero attached hydrogens (tertiary/aromatic N) is 4. The van der Waals surface area contributed by atoms with Crippen LogP contribution in [-0.2, 0) is 21.4 Å². The van der Waals surface area contributed by atoms with Crippen molar-refractivity contribution in [2.24, 2.45) is 5.92 Å². The van der Waals surface area contributed by atoms with Crippen LogP contribution in [0.25, 0.3) is 11.3 Å². The molecule has 1 aliphatic heterocycles. The minimum atomic E-state index is -3.20. The van der Waals surface area contributed by atoms with Crippen LogP contribution in [0.1, 0.15) is 19.3 Å². The van der Waals surface area contributed by atoms with Crippen molar-refractivity contribution in [1.82, 2.24) is 24.4 Å². The van der Waals surface area contributed by atoms with Crippen LogP contribution in [0.15, 0.2) is 41.5 Å². The summed E-state index contributed by atoms with van der Waals surface area (Å²) in [6, 6.07) is 6.81. The molecular weight excluding hydrogens is 394 g/mol. The van der Waals surface area contributed by atoms with Crippen molar-refractivity contribution in [3.05, 3.63) is 47.0 Å². The maximum absolute atomic E-state index is 12.3. The number of nitrogens with one attached hydrogen (secondary N) is 1. The van der Waals surface area contributed by atoms with Gasteiger partial charge in [-0.25, -0.2) is 17.4 Å². The van der Waals surface area contributed by atoms with Crippen molar-refractivity contribution in [2.45, 2.75) is 25.8 Å². The van der Waals surface area contributed by atoms with E-state index in [1.165, 1.54) is 21.3 Å². The molecule has 0 aromatic carbocycles. The molecule has 1 fully saturated rings. The highest BCUT2D eigenvalue weighted by Gasteiger charge is 2.28. The molecule has 1 amide bonds. The van der Waals surface area contributed by atoms with E-state index in [1.54, 1.807) is 18.5 Å². The Morgan fingerprint density at radius 3 is 2.52 bits per heavy atom. The van der Waals surface area contributed by atoms with Crippen LogP contribution in [0.4, 0.5) is 0 Å². The van der Waals surface area contributed by atoms with Crippen LogP contribution >= 0.6 is 0 Å². The Kier molecular flexibility index (Phi) is 6.75. The van der Waals surface area contributed by atoms with Crippen molar-refractivity contribution in [3.63, 3.8) is 0 Å². The van der Waals surface area contributed by atoms with Crippen LogP contribution in [0.3, 0.4) is 0 Å². The van der Waals surface area contributed by atoms with E-state index in [1.807, 2.05) is 12.1 Å². The fourth-order valence-electron chi connectivity index (χ4n) is 3.32. The van der Waals surface area contributed by atoms with E-state index in [4.69, 9.17) is 0 Å². The second-order valence-corrected chi connectivity index (χ2v) is 9.08. The van der Waals surface area contributed by atoms with E-state index in [0.29, 0.717) is 51.1 Å². The number of pyridine rings is 1. The Hall–Kier alpha value is -2.59. The molecular formula is C19H25N5O4S. The fourth-order valence-corrected chi connectivity index (χ4v) is 4.19. The number of hydrogen-bond acceptors (Lipinski definition) is 6. The molecule has 156 valence electrons. The lowest BCUT2D eigenvalue weighted by molar-refractivity contribution is -0.126. The number of carbonyl (C=O) groups excluding carboxylic acids is 1. The molecule has 3 rings (SSSR count). The molecule has 1 saturated heterocycles. The van der Waals surface area contributed by atoms with E-state index < -0.39 is 10.0 Å². The molecule has 9 nitrogen and oxygen atoms in total. The number of aromatic nitrogens is 3. The highest BCUT2D eigenvalue weighted by atomic mass is 32.2. The molecule has 1 aliphatic rings. The molecule has 10 heteroatoms. The standard InChI is InChI=1S/C19H25N5O4S/c1-29(27,28)23-13-7-16(8-14-23)19(26)21-9-2-12-24-18(25)4-3-17(22-24)15-5-10-20-11-6-15/h3-6,10-11,16H,2,7-9,12-14H2,1H3,(H,21,26). The molecule has 0 atom stereocenters. The van der Waals surface area contributed by atoms with Crippen LogP contribution in [0, 0.1) is 5.92 Å². The van der Waals surface area contributed by atoms with E-state index >= 15 is 0 Å². The summed E-state index contributed by atoms with van der Waals surface area (Å²) in [4.78, 5) is 28.3. The second-order valence-electron chi connectivity index (χ2n) is 7.10. The van der Waals surface area contributed by atoms with Gasteiger partial charge in [0.2, 0.25) is 15.9 Å². The average molecular weight is 420 g/mol. The van der Waals surface area contributed by atoms with Gasteiger partial charge < -0.3 is 5.32 Å². The fraction of sp³-hybridized carbons (Fsp3) is 0.474. The number of piperidine rings is 1. The second kappa shape index (κ2) is 9.27. The molecule has 0 aliphatic carbocycles. The largest absolute Gasteiger partial charge is 0.356 e. The highest BCUT2D eigenvalue weighted by Crippen LogP contribution is 2.19. The van der Waals surface area contributed by atoms with Crippen LogP contribution in [0.5, 0.6) is 0 Å². The molecule has 0 unspecified atom stereocenters. The highest BCUT2D eigenvalue weighted by molar-refractivity contribution is 7.88. The monoisotopic (exact) mass is 419 g/mol. The molecule has 0 spiro atoms. The topological polar surface area (TPSA) is 114 Å². The zero-order valence-electron chi connectivity index (χ0n) is 16.3. The van der Waals surface area contributed by atoms with Gasteiger partial charge in [-0.2, -0.15) is 5.10 Å². The average Bonchev–Trinajstić information content (AvgIpc) is 2.72. The van der Waals surface area contributed by atoms with Gasteiger partial charge in [0.25, 0.3) is 5.56 Å². The summed E-state index contributed by atoms with van der Waals surface area (Å²) in [5.74, 6) is -0.243. The zero-order valence-corrected chi connectivity index (χ0v) is 17.1. The summed E-state index contributed by atoms with van der Waals surface area (Å²) in [6.45, 7) is 1.57. The molecule has 0 radical (unpaired) electrons. The number of carbonyl (C=O) groups is 1. The molecule has 2 aromatic heterocycles. The molecule has 2 aromatic rings. The first-order valence-electron chi connectivity index (χ1n) is 9.56. The Morgan fingerprint density at radius 2 is 1.86 bits per heavy atom. The van der Waals surface area contributed by atoms with Crippen LogP contribution < -0.4 is 10.9 Å².